The second-order valence-corrected chi connectivity index (χ2v) is 21.8. The Morgan fingerprint density at radius 3 is 0.897 bits per heavy atom. The van der Waals surface area contributed by atoms with Crippen LogP contribution < -0.4 is 5.32 Å². The molecule has 1 amide bonds. The lowest BCUT2D eigenvalue weighted by Crippen LogP contribution is -2.45. The largest absolute Gasteiger partial charge is 0.466 e. The van der Waals surface area contributed by atoms with Gasteiger partial charge in [0, 0.05) is 12.8 Å². The van der Waals surface area contributed by atoms with E-state index >= 15 is 0 Å². The first-order valence-electron chi connectivity index (χ1n) is 31.3. The summed E-state index contributed by atoms with van der Waals surface area (Å²) < 4.78 is 5.49. The smallest absolute Gasteiger partial charge is 0.305 e. The summed E-state index contributed by atoms with van der Waals surface area (Å²) in [7, 11) is 0. The maximum Gasteiger partial charge on any atom is 0.305 e. The summed E-state index contributed by atoms with van der Waals surface area (Å²) in [5.41, 5.74) is 0. The average Bonchev–Trinajstić information content (AvgIpc) is 3.34. The van der Waals surface area contributed by atoms with Gasteiger partial charge in [0.2, 0.25) is 5.91 Å². The molecule has 0 aromatic rings. The van der Waals surface area contributed by atoms with Crippen LogP contribution in [0.5, 0.6) is 0 Å². The zero-order valence-electron chi connectivity index (χ0n) is 46.4. The first-order valence-corrected chi connectivity index (χ1v) is 31.3. The number of unbranched alkanes of at least 4 members (excludes halogenated alkanes) is 48. The Balaban J connectivity index is 3.41. The van der Waals surface area contributed by atoms with Crippen LogP contribution in [0, 0.1) is 0 Å². The van der Waals surface area contributed by atoms with Crippen molar-refractivity contribution in [3.05, 3.63) is 0 Å². The molecule has 0 aliphatic carbocycles. The molecular formula is C62H123NO5. The summed E-state index contributed by atoms with van der Waals surface area (Å²) >= 11 is 0. The van der Waals surface area contributed by atoms with Crippen LogP contribution in [0.4, 0.5) is 0 Å². The minimum Gasteiger partial charge on any atom is -0.466 e. The summed E-state index contributed by atoms with van der Waals surface area (Å²) in [5, 5.41) is 23.4. The van der Waals surface area contributed by atoms with Crippen molar-refractivity contribution in [1.82, 2.24) is 5.32 Å². The molecule has 0 saturated carbocycles. The lowest BCUT2D eigenvalue weighted by Gasteiger charge is -2.22. The fraction of sp³-hybridized carbons (Fsp3) is 0.968. The van der Waals surface area contributed by atoms with Crippen LogP contribution in [0.15, 0.2) is 0 Å². The molecule has 6 heteroatoms. The molecule has 0 fully saturated rings. The van der Waals surface area contributed by atoms with Crippen molar-refractivity contribution in [2.45, 2.75) is 373 Å². The highest BCUT2D eigenvalue weighted by molar-refractivity contribution is 5.76. The van der Waals surface area contributed by atoms with E-state index in [0.29, 0.717) is 25.9 Å². The van der Waals surface area contributed by atoms with Crippen molar-refractivity contribution in [3.8, 4) is 0 Å². The third-order valence-electron chi connectivity index (χ3n) is 14.9. The molecule has 0 bridgehead atoms. The maximum atomic E-state index is 12.5. The molecule has 0 spiro atoms. The van der Waals surface area contributed by atoms with Crippen molar-refractivity contribution in [2.75, 3.05) is 13.2 Å². The summed E-state index contributed by atoms with van der Waals surface area (Å²) in [6.45, 7) is 4.97. The number of hydrogen-bond donors (Lipinski definition) is 3. The van der Waals surface area contributed by atoms with Crippen LogP contribution in [0.2, 0.25) is 0 Å². The molecule has 0 aliphatic rings. The average molecular weight is 963 g/mol. The van der Waals surface area contributed by atoms with Gasteiger partial charge in [0.25, 0.3) is 0 Å². The van der Waals surface area contributed by atoms with Gasteiger partial charge in [0.05, 0.1) is 25.4 Å². The van der Waals surface area contributed by atoms with E-state index in [-0.39, 0.29) is 18.5 Å². The van der Waals surface area contributed by atoms with Crippen LogP contribution >= 0.6 is 0 Å². The van der Waals surface area contributed by atoms with E-state index in [9.17, 15) is 19.8 Å². The molecule has 2 unspecified atom stereocenters. The van der Waals surface area contributed by atoms with Crippen molar-refractivity contribution >= 4 is 11.9 Å². The molecule has 0 saturated heterocycles. The lowest BCUT2D eigenvalue weighted by atomic mass is 10.0. The predicted molar refractivity (Wildman–Crippen MR) is 297 cm³/mol. The summed E-state index contributed by atoms with van der Waals surface area (Å²) in [4.78, 5) is 24.6. The molecule has 3 N–H and O–H groups in total. The fourth-order valence-corrected chi connectivity index (χ4v) is 10.1. The van der Waals surface area contributed by atoms with Crippen LogP contribution in [0.3, 0.4) is 0 Å². The third kappa shape index (κ3) is 54.2. The molecule has 68 heavy (non-hydrogen) atoms. The van der Waals surface area contributed by atoms with Gasteiger partial charge in [-0.15, -0.1) is 0 Å². The van der Waals surface area contributed by atoms with Crippen molar-refractivity contribution in [1.29, 1.82) is 0 Å². The molecule has 0 aliphatic heterocycles. The molecule has 0 rings (SSSR count). The quantitative estimate of drug-likeness (QED) is 0.0417. The Morgan fingerprint density at radius 1 is 0.353 bits per heavy atom. The molecule has 0 radical (unpaired) electrons. The number of carbonyl (C=O) groups excluding carboxylic acids is 2. The predicted octanol–water partition coefficient (Wildman–Crippen LogP) is 19.5. The molecule has 6 nitrogen and oxygen atoms in total. The van der Waals surface area contributed by atoms with E-state index in [1.807, 2.05) is 0 Å². The molecule has 2 atom stereocenters. The number of aliphatic hydroxyl groups excluding tert-OH is 2. The van der Waals surface area contributed by atoms with E-state index in [4.69, 9.17) is 4.74 Å². The monoisotopic (exact) mass is 962 g/mol. The second-order valence-electron chi connectivity index (χ2n) is 21.8. The highest BCUT2D eigenvalue weighted by atomic mass is 16.5. The Morgan fingerprint density at radius 2 is 0.603 bits per heavy atom. The maximum absolute atomic E-state index is 12.5. The number of amides is 1. The second kappa shape index (κ2) is 58.4. The van der Waals surface area contributed by atoms with Crippen molar-refractivity contribution < 1.29 is 24.5 Å². The van der Waals surface area contributed by atoms with Crippen LogP contribution in [0.1, 0.15) is 361 Å². The van der Waals surface area contributed by atoms with Crippen molar-refractivity contribution in [2.24, 2.45) is 0 Å². The Kier molecular flexibility index (Phi) is 57.5. The summed E-state index contributed by atoms with van der Waals surface area (Å²) in [6.07, 6.45) is 68.2. The first-order chi connectivity index (χ1) is 33.5. The number of esters is 1. The minimum atomic E-state index is -0.671. The Hall–Kier alpha value is -1.14. The normalized spacial score (nSPS) is 12.5. The van der Waals surface area contributed by atoms with Gasteiger partial charge >= 0.3 is 5.97 Å². The Labute approximate surface area is 426 Å². The third-order valence-corrected chi connectivity index (χ3v) is 14.9. The fourth-order valence-electron chi connectivity index (χ4n) is 10.1. The number of carbonyl (C=O) groups is 2. The van der Waals surface area contributed by atoms with Crippen LogP contribution in [-0.2, 0) is 14.3 Å². The number of rotatable bonds is 59. The molecule has 0 aromatic heterocycles. The van der Waals surface area contributed by atoms with Crippen molar-refractivity contribution in [3.63, 3.8) is 0 Å². The van der Waals surface area contributed by atoms with E-state index < -0.39 is 12.1 Å². The van der Waals surface area contributed by atoms with E-state index in [1.54, 1.807) is 0 Å². The Bertz CT molecular complexity index is 975. The molecule has 0 heterocycles. The molecular weight excluding hydrogens is 839 g/mol. The van der Waals surface area contributed by atoms with E-state index in [2.05, 4.69) is 19.2 Å². The van der Waals surface area contributed by atoms with Crippen LogP contribution in [-0.4, -0.2) is 47.4 Å². The number of hydrogen-bond acceptors (Lipinski definition) is 5. The van der Waals surface area contributed by atoms with Gasteiger partial charge in [-0.3, -0.25) is 9.59 Å². The molecule has 406 valence electrons. The van der Waals surface area contributed by atoms with Crippen LogP contribution in [0.25, 0.3) is 0 Å². The minimum absolute atomic E-state index is 0.00286. The topological polar surface area (TPSA) is 95.9 Å². The number of nitrogens with one attached hydrogen (secondary N) is 1. The van der Waals surface area contributed by atoms with Gasteiger partial charge in [0.1, 0.15) is 0 Å². The van der Waals surface area contributed by atoms with Gasteiger partial charge in [-0.2, -0.15) is 0 Å². The summed E-state index contributed by atoms with van der Waals surface area (Å²) in [5.74, 6) is -0.0377. The number of ether oxygens (including phenoxy) is 1. The standard InChI is InChI=1S/C62H123NO5/c1-3-5-7-9-11-13-15-17-19-21-22-23-24-25-26-30-34-38-42-46-50-54-60(65)59(58-64)63-61(66)55-51-47-43-39-35-31-28-29-33-37-41-45-49-53-57-68-62(67)56-52-48-44-40-36-32-27-20-18-16-14-12-10-8-6-4-2/h59-60,64-65H,3-58H2,1-2H3,(H,63,66). The number of aliphatic hydroxyl groups is 2. The highest BCUT2D eigenvalue weighted by Gasteiger charge is 2.20. The zero-order valence-corrected chi connectivity index (χ0v) is 46.4. The highest BCUT2D eigenvalue weighted by Crippen LogP contribution is 2.19. The van der Waals surface area contributed by atoms with E-state index in [0.717, 1.165) is 51.4 Å². The summed E-state index contributed by atoms with van der Waals surface area (Å²) in [6, 6.07) is -0.549. The molecule has 0 aromatic carbocycles. The van der Waals surface area contributed by atoms with Gasteiger partial charge in [-0.1, -0.05) is 322 Å². The van der Waals surface area contributed by atoms with Gasteiger partial charge in [-0.25, -0.2) is 0 Å². The van der Waals surface area contributed by atoms with Gasteiger partial charge in [-0.05, 0) is 25.7 Å². The van der Waals surface area contributed by atoms with Gasteiger partial charge in [0.15, 0.2) is 0 Å². The lowest BCUT2D eigenvalue weighted by molar-refractivity contribution is -0.143. The van der Waals surface area contributed by atoms with E-state index in [1.165, 1.54) is 276 Å². The zero-order chi connectivity index (χ0) is 49.3. The SMILES string of the molecule is CCCCCCCCCCCCCCCCCCCCCCCC(O)C(CO)NC(=O)CCCCCCCCCCCCCCCCOC(=O)CCCCCCCCCCCCCCCCCC. The van der Waals surface area contributed by atoms with Gasteiger partial charge < -0.3 is 20.3 Å². The first kappa shape index (κ1) is 66.9.